The SMILES string of the molecule is CCc1nc2cccc(C#C[Si](C)(C)C)c2n1C(C)C. The highest BCUT2D eigenvalue weighted by molar-refractivity contribution is 6.83. The van der Waals surface area contributed by atoms with Gasteiger partial charge in [-0.1, -0.05) is 38.6 Å². The Morgan fingerprint density at radius 3 is 2.50 bits per heavy atom. The minimum absolute atomic E-state index is 0.407. The number of benzene rings is 1. The van der Waals surface area contributed by atoms with Gasteiger partial charge in [-0.25, -0.2) is 4.98 Å². The van der Waals surface area contributed by atoms with Crippen LogP contribution < -0.4 is 0 Å². The van der Waals surface area contributed by atoms with Gasteiger partial charge in [0.15, 0.2) is 0 Å². The van der Waals surface area contributed by atoms with Crippen molar-refractivity contribution in [2.75, 3.05) is 0 Å². The predicted molar refractivity (Wildman–Crippen MR) is 89.7 cm³/mol. The van der Waals surface area contributed by atoms with Crippen LogP contribution in [0.3, 0.4) is 0 Å². The third-order valence-corrected chi connectivity index (χ3v) is 4.06. The first-order valence-corrected chi connectivity index (χ1v) is 10.9. The average Bonchev–Trinajstić information content (AvgIpc) is 2.74. The van der Waals surface area contributed by atoms with Crippen LogP contribution in [0.5, 0.6) is 0 Å². The minimum atomic E-state index is -1.36. The van der Waals surface area contributed by atoms with Crippen LogP contribution in [0.1, 0.15) is 38.2 Å². The van der Waals surface area contributed by atoms with Crippen molar-refractivity contribution in [1.29, 1.82) is 0 Å². The summed E-state index contributed by atoms with van der Waals surface area (Å²) in [5, 5.41) is 0. The highest BCUT2D eigenvalue weighted by atomic mass is 28.3. The van der Waals surface area contributed by atoms with Gasteiger partial charge >= 0.3 is 0 Å². The molecule has 1 aromatic carbocycles. The number of nitrogens with zero attached hydrogens (tertiary/aromatic N) is 2. The zero-order valence-electron chi connectivity index (χ0n) is 13.4. The minimum Gasteiger partial charge on any atom is -0.324 e. The van der Waals surface area contributed by atoms with Crippen molar-refractivity contribution in [3.63, 3.8) is 0 Å². The second-order valence-corrected chi connectivity index (χ2v) is 11.3. The summed E-state index contributed by atoms with van der Waals surface area (Å²) < 4.78 is 2.34. The Hall–Kier alpha value is -1.53. The standard InChI is InChI=1S/C17H24N2Si/c1-7-16-18-15-10-8-9-14(11-12-20(4,5)6)17(15)19(16)13(2)3/h8-10,13H,7H2,1-6H3. The lowest BCUT2D eigenvalue weighted by Crippen LogP contribution is -2.16. The first kappa shape index (κ1) is 14.9. The molecule has 0 N–H and O–H groups in total. The van der Waals surface area contributed by atoms with E-state index in [9.17, 15) is 0 Å². The monoisotopic (exact) mass is 284 g/mol. The zero-order chi connectivity index (χ0) is 14.9. The van der Waals surface area contributed by atoms with Crippen LogP contribution in [-0.4, -0.2) is 17.6 Å². The Morgan fingerprint density at radius 2 is 1.95 bits per heavy atom. The van der Waals surface area contributed by atoms with Crippen LogP contribution >= 0.6 is 0 Å². The van der Waals surface area contributed by atoms with E-state index in [0.29, 0.717) is 6.04 Å². The summed E-state index contributed by atoms with van der Waals surface area (Å²) in [7, 11) is -1.36. The molecule has 0 amide bonds. The van der Waals surface area contributed by atoms with Crippen LogP contribution in [-0.2, 0) is 6.42 Å². The van der Waals surface area contributed by atoms with Crippen molar-refractivity contribution in [1.82, 2.24) is 9.55 Å². The van der Waals surface area contributed by atoms with Gasteiger partial charge in [0.2, 0.25) is 0 Å². The van der Waals surface area contributed by atoms with Crippen molar-refractivity contribution >= 4 is 19.1 Å². The number of para-hydroxylation sites is 1. The summed E-state index contributed by atoms with van der Waals surface area (Å²) >= 11 is 0. The molecular weight excluding hydrogens is 260 g/mol. The van der Waals surface area contributed by atoms with Gasteiger partial charge in [0.1, 0.15) is 13.9 Å². The second kappa shape index (κ2) is 5.45. The molecule has 0 fully saturated rings. The summed E-state index contributed by atoms with van der Waals surface area (Å²) in [5.74, 6) is 4.56. The molecule has 0 atom stereocenters. The van der Waals surface area contributed by atoms with Crippen molar-refractivity contribution < 1.29 is 0 Å². The lowest BCUT2D eigenvalue weighted by molar-refractivity contribution is 0.588. The van der Waals surface area contributed by atoms with Gasteiger partial charge in [0.05, 0.1) is 11.0 Å². The number of aromatic nitrogens is 2. The van der Waals surface area contributed by atoms with Crippen molar-refractivity contribution in [3.05, 3.63) is 29.6 Å². The molecule has 1 aromatic heterocycles. The Balaban J connectivity index is 2.72. The third-order valence-electron chi connectivity index (χ3n) is 3.19. The summed E-state index contributed by atoms with van der Waals surface area (Å²) in [4.78, 5) is 4.76. The highest BCUT2D eigenvalue weighted by Crippen LogP contribution is 2.24. The van der Waals surface area contributed by atoms with Crippen LogP contribution in [0.25, 0.3) is 11.0 Å². The molecule has 2 rings (SSSR count). The number of fused-ring (bicyclic) bond motifs is 1. The van der Waals surface area contributed by atoms with E-state index in [4.69, 9.17) is 4.98 Å². The molecule has 0 bridgehead atoms. The molecule has 3 heteroatoms. The van der Waals surface area contributed by atoms with E-state index < -0.39 is 8.07 Å². The van der Waals surface area contributed by atoms with E-state index >= 15 is 0 Å². The number of hydrogen-bond donors (Lipinski definition) is 0. The first-order chi connectivity index (χ1) is 9.33. The maximum atomic E-state index is 4.76. The second-order valence-electron chi connectivity index (χ2n) is 6.52. The Bertz CT molecular complexity index is 679. The largest absolute Gasteiger partial charge is 0.324 e. The molecule has 1 heterocycles. The Labute approximate surface area is 123 Å². The van der Waals surface area contributed by atoms with E-state index in [0.717, 1.165) is 23.3 Å². The maximum Gasteiger partial charge on any atom is 0.129 e. The molecule has 0 radical (unpaired) electrons. The molecule has 0 saturated carbocycles. The van der Waals surface area contributed by atoms with E-state index in [1.54, 1.807) is 0 Å². The van der Waals surface area contributed by atoms with Gasteiger partial charge < -0.3 is 4.57 Å². The molecule has 0 aliphatic rings. The summed E-state index contributed by atoms with van der Waals surface area (Å²) in [6.07, 6.45) is 0.952. The third kappa shape index (κ3) is 2.96. The van der Waals surface area contributed by atoms with Gasteiger partial charge in [-0.3, -0.25) is 0 Å². The van der Waals surface area contributed by atoms with E-state index in [1.807, 2.05) is 0 Å². The zero-order valence-corrected chi connectivity index (χ0v) is 14.4. The molecule has 0 aliphatic heterocycles. The lowest BCUT2D eigenvalue weighted by Gasteiger charge is -2.13. The molecule has 0 spiro atoms. The smallest absolute Gasteiger partial charge is 0.129 e. The number of hydrogen-bond acceptors (Lipinski definition) is 1. The van der Waals surface area contributed by atoms with Gasteiger partial charge in [-0.05, 0) is 26.0 Å². The molecule has 0 aliphatic carbocycles. The molecule has 20 heavy (non-hydrogen) atoms. The first-order valence-electron chi connectivity index (χ1n) is 7.36. The van der Waals surface area contributed by atoms with Gasteiger partial charge in [-0.2, -0.15) is 0 Å². The van der Waals surface area contributed by atoms with E-state index in [-0.39, 0.29) is 0 Å². The highest BCUT2D eigenvalue weighted by Gasteiger charge is 2.15. The number of aryl methyl sites for hydroxylation is 1. The van der Waals surface area contributed by atoms with Crippen LogP contribution in [0, 0.1) is 11.5 Å². The molecule has 0 saturated heterocycles. The number of imidazole rings is 1. The van der Waals surface area contributed by atoms with Crippen molar-refractivity contribution in [2.45, 2.75) is 52.9 Å². The van der Waals surface area contributed by atoms with Crippen molar-refractivity contribution in [3.8, 4) is 11.5 Å². The van der Waals surface area contributed by atoms with Crippen molar-refractivity contribution in [2.24, 2.45) is 0 Å². The fourth-order valence-corrected chi connectivity index (χ4v) is 2.87. The summed E-state index contributed by atoms with van der Waals surface area (Å²) in [6.45, 7) is 13.4. The average molecular weight is 284 g/mol. The fraction of sp³-hybridized carbons (Fsp3) is 0.471. The molecule has 0 unspecified atom stereocenters. The lowest BCUT2D eigenvalue weighted by atomic mass is 10.2. The van der Waals surface area contributed by atoms with Crippen LogP contribution in [0.4, 0.5) is 0 Å². The number of rotatable bonds is 2. The quantitative estimate of drug-likeness (QED) is 0.590. The van der Waals surface area contributed by atoms with E-state index in [1.165, 1.54) is 5.52 Å². The summed E-state index contributed by atoms with van der Waals surface area (Å²) in [6, 6.07) is 6.68. The fourth-order valence-electron chi connectivity index (χ4n) is 2.36. The Kier molecular flexibility index (Phi) is 4.05. The van der Waals surface area contributed by atoms with Gasteiger partial charge in [0.25, 0.3) is 0 Å². The van der Waals surface area contributed by atoms with Crippen LogP contribution in [0.2, 0.25) is 19.6 Å². The van der Waals surface area contributed by atoms with Gasteiger partial charge in [0, 0.05) is 18.0 Å². The topological polar surface area (TPSA) is 17.8 Å². The molecule has 2 aromatic rings. The Morgan fingerprint density at radius 1 is 1.25 bits per heavy atom. The molecule has 106 valence electrons. The molecule has 2 nitrogen and oxygen atoms in total. The van der Waals surface area contributed by atoms with Gasteiger partial charge in [-0.15, -0.1) is 5.54 Å². The molecular formula is C17H24N2Si. The van der Waals surface area contributed by atoms with Crippen LogP contribution in [0.15, 0.2) is 18.2 Å². The predicted octanol–water partition coefficient (Wildman–Crippen LogP) is 4.41. The summed E-state index contributed by atoms with van der Waals surface area (Å²) in [5.41, 5.74) is 6.85. The van der Waals surface area contributed by atoms with E-state index in [2.05, 4.69) is 74.6 Å². The maximum absolute atomic E-state index is 4.76. The normalized spacial score (nSPS) is 11.8.